The Morgan fingerprint density at radius 3 is 2.55 bits per heavy atom. The minimum Gasteiger partial charge on any atom is -0.368 e. The molecule has 1 saturated heterocycles. The number of rotatable bonds is 5. The summed E-state index contributed by atoms with van der Waals surface area (Å²) in [6, 6.07) is 3.12. The molecular weight excluding hydrogens is 301 g/mol. The number of nitrogens with one attached hydrogen (secondary N) is 1. The molecule has 0 spiro atoms. The van der Waals surface area contributed by atoms with Crippen molar-refractivity contribution in [3.05, 3.63) is 32.3 Å². The molecule has 7 heteroatoms. The Labute approximate surface area is 128 Å². The van der Waals surface area contributed by atoms with Crippen LogP contribution >= 0.6 is 23.2 Å². The van der Waals surface area contributed by atoms with Gasteiger partial charge in [-0.05, 0) is 26.3 Å². The third-order valence-corrected chi connectivity index (χ3v) is 4.09. The summed E-state index contributed by atoms with van der Waals surface area (Å²) in [5.41, 5.74) is 0.592. The van der Waals surface area contributed by atoms with E-state index in [1.54, 1.807) is 0 Å². The van der Waals surface area contributed by atoms with Crippen LogP contribution in [0.4, 0.5) is 11.4 Å². The molecule has 20 heavy (non-hydrogen) atoms. The fourth-order valence-corrected chi connectivity index (χ4v) is 3.23. The van der Waals surface area contributed by atoms with Crippen molar-refractivity contribution >= 4 is 34.6 Å². The smallest absolute Gasteiger partial charge is 0.272 e. The number of non-ortho nitro benzene ring substituents is 1. The third kappa shape index (κ3) is 3.34. The van der Waals surface area contributed by atoms with E-state index in [9.17, 15) is 10.1 Å². The Hall–Kier alpha value is -1.04. The summed E-state index contributed by atoms with van der Waals surface area (Å²) >= 11 is 12.4. The molecule has 2 rings (SSSR count). The van der Waals surface area contributed by atoms with Crippen LogP contribution in [0.2, 0.25) is 10.0 Å². The van der Waals surface area contributed by atoms with Gasteiger partial charge in [-0.3, -0.25) is 10.1 Å². The summed E-state index contributed by atoms with van der Waals surface area (Å²) < 4.78 is 0. The zero-order valence-corrected chi connectivity index (χ0v) is 12.7. The summed E-state index contributed by atoms with van der Waals surface area (Å²) in [5.74, 6) is 0. The molecular formula is C13H17Cl2N3O2. The fourth-order valence-electron chi connectivity index (χ4n) is 2.52. The van der Waals surface area contributed by atoms with Crippen molar-refractivity contribution in [1.82, 2.24) is 5.32 Å². The van der Waals surface area contributed by atoms with Crippen LogP contribution in [0.3, 0.4) is 0 Å². The molecule has 0 saturated carbocycles. The molecule has 5 nitrogen and oxygen atoms in total. The lowest BCUT2D eigenvalue weighted by molar-refractivity contribution is -0.384. The second-order valence-corrected chi connectivity index (χ2v) is 5.66. The molecule has 0 bridgehead atoms. The van der Waals surface area contributed by atoms with Gasteiger partial charge in [0.05, 0.1) is 20.7 Å². The molecule has 1 unspecified atom stereocenters. The van der Waals surface area contributed by atoms with Crippen LogP contribution < -0.4 is 10.2 Å². The van der Waals surface area contributed by atoms with E-state index in [-0.39, 0.29) is 5.69 Å². The van der Waals surface area contributed by atoms with E-state index in [4.69, 9.17) is 23.2 Å². The van der Waals surface area contributed by atoms with Gasteiger partial charge in [-0.1, -0.05) is 23.2 Å². The molecule has 1 aromatic carbocycles. The van der Waals surface area contributed by atoms with Crippen molar-refractivity contribution in [2.45, 2.75) is 25.8 Å². The monoisotopic (exact) mass is 317 g/mol. The largest absolute Gasteiger partial charge is 0.368 e. The van der Waals surface area contributed by atoms with E-state index in [1.165, 1.54) is 18.6 Å². The van der Waals surface area contributed by atoms with Gasteiger partial charge in [0, 0.05) is 31.3 Å². The van der Waals surface area contributed by atoms with Gasteiger partial charge < -0.3 is 10.2 Å². The fraction of sp³-hybridized carbons (Fsp3) is 0.538. The third-order valence-electron chi connectivity index (χ3n) is 3.51. The van der Waals surface area contributed by atoms with Crippen LogP contribution in [-0.4, -0.2) is 30.6 Å². The minimum absolute atomic E-state index is 0.0844. The van der Waals surface area contributed by atoms with Crippen molar-refractivity contribution in [3.63, 3.8) is 0 Å². The van der Waals surface area contributed by atoms with E-state index in [2.05, 4.69) is 10.2 Å². The molecule has 0 aliphatic carbocycles. The van der Waals surface area contributed by atoms with Gasteiger partial charge in [0.15, 0.2) is 0 Å². The molecule has 1 aliphatic heterocycles. The predicted octanol–water partition coefficient (Wildman–Crippen LogP) is 3.48. The Morgan fingerprint density at radius 1 is 1.45 bits per heavy atom. The van der Waals surface area contributed by atoms with Crippen LogP contribution in [0.15, 0.2) is 12.1 Å². The zero-order valence-electron chi connectivity index (χ0n) is 11.2. The van der Waals surface area contributed by atoms with Gasteiger partial charge >= 0.3 is 0 Å². The maximum absolute atomic E-state index is 10.8. The first-order valence-corrected chi connectivity index (χ1v) is 7.40. The summed E-state index contributed by atoms with van der Waals surface area (Å²) in [5, 5.41) is 14.9. The van der Waals surface area contributed by atoms with E-state index < -0.39 is 4.92 Å². The molecule has 1 fully saturated rings. The van der Waals surface area contributed by atoms with Crippen LogP contribution in [0.5, 0.6) is 0 Å². The maximum Gasteiger partial charge on any atom is 0.272 e. The number of nitro groups is 1. The molecule has 110 valence electrons. The van der Waals surface area contributed by atoms with Gasteiger partial charge in [0.2, 0.25) is 0 Å². The van der Waals surface area contributed by atoms with Gasteiger partial charge in [-0.2, -0.15) is 0 Å². The normalized spacial score (nSPS) is 18.2. The van der Waals surface area contributed by atoms with Crippen LogP contribution in [0.25, 0.3) is 0 Å². The predicted molar refractivity (Wildman–Crippen MR) is 82.0 cm³/mol. The molecule has 1 N–H and O–H groups in total. The van der Waals surface area contributed by atoms with Crippen LogP contribution in [-0.2, 0) is 0 Å². The molecule has 1 aromatic rings. The first kappa shape index (κ1) is 15.4. The Bertz CT molecular complexity index is 481. The second-order valence-electron chi connectivity index (χ2n) is 4.85. The summed E-state index contributed by atoms with van der Waals surface area (Å²) in [7, 11) is 0. The molecule has 1 heterocycles. The molecule has 0 radical (unpaired) electrons. The molecule has 1 atom stereocenters. The van der Waals surface area contributed by atoms with Crippen molar-refractivity contribution in [2.24, 2.45) is 0 Å². The van der Waals surface area contributed by atoms with Gasteiger partial charge in [-0.15, -0.1) is 0 Å². The average Bonchev–Trinajstić information content (AvgIpc) is 2.89. The van der Waals surface area contributed by atoms with E-state index in [0.29, 0.717) is 21.8 Å². The highest BCUT2D eigenvalue weighted by Gasteiger charge is 2.22. The molecule has 1 aliphatic rings. The average molecular weight is 318 g/mol. The van der Waals surface area contributed by atoms with Crippen LogP contribution in [0.1, 0.15) is 19.8 Å². The van der Waals surface area contributed by atoms with Crippen molar-refractivity contribution in [3.8, 4) is 0 Å². The van der Waals surface area contributed by atoms with Crippen molar-refractivity contribution < 1.29 is 4.92 Å². The summed E-state index contributed by atoms with van der Waals surface area (Å²) in [4.78, 5) is 12.4. The number of hydrogen-bond acceptors (Lipinski definition) is 4. The SMILES string of the molecule is CCN(CC1CCCN1)c1c(Cl)cc([N+](=O)[O-])cc1Cl. The maximum atomic E-state index is 10.8. The van der Waals surface area contributed by atoms with E-state index >= 15 is 0 Å². The topological polar surface area (TPSA) is 58.4 Å². The minimum atomic E-state index is -0.490. The number of nitrogens with zero attached hydrogens (tertiary/aromatic N) is 2. The number of hydrogen-bond donors (Lipinski definition) is 1. The van der Waals surface area contributed by atoms with Gasteiger partial charge in [0.25, 0.3) is 5.69 Å². The Kier molecular flexibility index (Phi) is 5.07. The lowest BCUT2D eigenvalue weighted by atomic mass is 10.2. The Balaban J connectivity index is 2.26. The number of halogens is 2. The van der Waals surface area contributed by atoms with Crippen molar-refractivity contribution in [2.75, 3.05) is 24.5 Å². The lowest BCUT2D eigenvalue weighted by Gasteiger charge is -2.28. The zero-order chi connectivity index (χ0) is 14.7. The standard InChI is InChI=1S/C13H17Cl2N3O2/c1-2-17(8-9-4-3-5-16-9)13-11(14)6-10(18(19)20)7-12(13)15/h6-7,9,16H,2-5,8H2,1H3. The van der Waals surface area contributed by atoms with Gasteiger partial charge in [0.1, 0.15) is 0 Å². The number of benzene rings is 1. The Morgan fingerprint density at radius 2 is 2.10 bits per heavy atom. The number of anilines is 1. The quantitative estimate of drug-likeness (QED) is 0.667. The van der Waals surface area contributed by atoms with Crippen LogP contribution in [0, 0.1) is 10.1 Å². The summed E-state index contributed by atoms with van der Waals surface area (Å²) in [6.07, 6.45) is 2.29. The highest BCUT2D eigenvalue weighted by molar-refractivity contribution is 6.39. The molecule has 0 amide bonds. The lowest BCUT2D eigenvalue weighted by Crippen LogP contribution is -2.37. The number of likely N-dealkylation sites (N-methyl/N-ethyl adjacent to an activating group) is 1. The highest BCUT2D eigenvalue weighted by Crippen LogP contribution is 2.37. The first-order valence-electron chi connectivity index (χ1n) is 6.64. The number of nitro benzene ring substituents is 1. The first-order chi connectivity index (χ1) is 9.52. The van der Waals surface area contributed by atoms with Gasteiger partial charge in [-0.25, -0.2) is 0 Å². The van der Waals surface area contributed by atoms with E-state index in [0.717, 1.165) is 26.1 Å². The summed E-state index contributed by atoms with van der Waals surface area (Å²) in [6.45, 7) is 4.59. The van der Waals surface area contributed by atoms with E-state index in [1.807, 2.05) is 6.92 Å². The molecule has 0 aromatic heterocycles. The van der Waals surface area contributed by atoms with Crippen molar-refractivity contribution in [1.29, 1.82) is 0 Å². The highest BCUT2D eigenvalue weighted by atomic mass is 35.5. The second kappa shape index (κ2) is 6.61.